The number of nitrogens with one attached hydrogen (secondary N) is 1. The summed E-state index contributed by atoms with van der Waals surface area (Å²) in [4.78, 5) is 43.1. The molecule has 0 unspecified atom stereocenters. The van der Waals surface area contributed by atoms with Crippen LogP contribution in [0.1, 0.15) is 26.3 Å². The van der Waals surface area contributed by atoms with Gasteiger partial charge < -0.3 is 10.2 Å². The van der Waals surface area contributed by atoms with Gasteiger partial charge in [0, 0.05) is 42.9 Å². The second-order valence-electron chi connectivity index (χ2n) is 7.71. The fourth-order valence-electron chi connectivity index (χ4n) is 3.71. The highest BCUT2D eigenvalue weighted by atomic mass is 79.9. The van der Waals surface area contributed by atoms with E-state index < -0.39 is 17.7 Å². The van der Waals surface area contributed by atoms with E-state index in [1.165, 1.54) is 5.56 Å². The Balaban J connectivity index is 1.33. The zero-order chi connectivity index (χ0) is 21.3. The molecule has 2 aliphatic heterocycles. The van der Waals surface area contributed by atoms with E-state index in [1.807, 2.05) is 24.3 Å². The predicted octanol–water partition coefficient (Wildman–Crippen LogP) is 2.43. The van der Waals surface area contributed by atoms with Gasteiger partial charge in [0.05, 0.1) is 11.1 Å². The number of likely N-dealkylation sites (N-methyl/N-ethyl adjacent to an activating group) is 1. The summed E-state index contributed by atoms with van der Waals surface area (Å²) in [5, 5.41) is 2.77. The van der Waals surface area contributed by atoms with E-state index in [1.54, 1.807) is 18.2 Å². The van der Waals surface area contributed by atoms with E-state index >= 15 is 0 Å². The minimum absolute atomic E-state index is 0.312. The molecule has 0 atom stereocenters. The molecule has 2 aliphatic rings. The maximum Gasteiger partial charge on any atom is 0.262 e. The van der Waals surface area contributed by atoms with Crippen LogP contribution < -0.4 is 5.32 Å². The van der Waals surface area contributed by atoms with Crippen molar-refractivity contribution in [3.8, 4) is 0 Å². The number of nitrogens with zero attached hydrogens (tertiary/aromatic N) is 3. The van der Waals surface area contributed by atoms with Gasteiger partial charge in [-0.3, -0.25) is 24.2 Å². The van der Waals surface area contributed by atoms with Crippen LogP contribution in [0.25, 0.3) is 0 Å². The van der Waals surface area contributed by atoms with E-state index in [9.17, 15) is 14.4 Å². The van der Waals surface area contributed by atoms with Gasteiger partial charge in [-0.1, -0.05) is 28.1 Å². The van der Waals surface area contributed by atoms with E-state index in [0.29, 0.717) is 21.3 Å². The third-order valence-corrected chi connectivity index (χ3v) is 5.97. The van der Waals surface area contributed by atoms with Crippen molar-refractivity contribution in [3.05, 3.63) is 63.6 Å². The average molecular weight is 471 g/mol. The number of anilines is 1. The predicted molar refractivity (Wildman–Crippen MR) is 117 cm³/mol. The Bertz CT molecular complexity index is 984. The van der Waals surface area contributed by atoms with Gasteiger partial charge >= 0.3 is 0 Å². The van der Waals surface area contributed by atoms with Crippen molar-refractivity contribution in [1.82, 2.24) is 14.7 Å². The lowest BCUT2D eigenvalue weighted by Gasteiger charge is -2.32. The van der Waals surface area contributed by atoms with Crippen LogP contribution in [0.3, 0.4) is 0 Å². The molecule has 2 aromatic carbocycles. The van der Waals surface area contributed by atoms with Crippen LogP contribution in [-0.2, 0) is 11.3 Å². The lowest BCUT2D eigenvalue weighted by atomic mass is 10.1. The molecule has 0 bridgehead atoms. The second-order valence-corrected chi connectivity index (χ2v) is 8.63. The summed E-state index contributed by atoms with van der Waals surface area (Å²) in [7, 11) is 2.13. The zero-order valence-corrected chi connectivity index (χ0v) is 18.3. The van der Waals surface area contributed by atoms with Gasteiger partial charge in [0.15, 0.2) is 0 Å². The van der Waals surface area contributed by atoms with Gasteiger partial charge in [-0.15, -0.1) is 0 Å². The number of carbonyl (C=O) groups is 3. The number of rotatable bonds is 5. The molecule has 2 heterocycles. The normalized spacial score (nSPS) is 17.3. The topological polar surface area (TPSA) is 73.0 Å². The minimum Gasteiger partial charge on any atom is -0.325 e. The maximum absolute atomic E-state index is 12.5. The number of imide groups is 1. The monoisotopic (exact) mass is 470 g/mol. The molecule has 1 fully saturated rings. The maximum atomic E-state index is 12.5. The first-order chi connectivity index (χ1) is 14.4. The third-order valence-electron chi connectivity index (χ3n) is 5.47. The quantitative estimate of drug-likeness (QED) is 0.679. The Hall–Kier alpha value is -2.55. The smallest absolute Gasteiger partial charge is 0.262 e. The summed E-state index contributed by atoms with van der Waals surface area (Å²) in [6.07, 6.45) is 0. The summed E-state index contributed by atoms with van der Waals surface area (Å²) in [6.45, 7) is 4.81. The number of hydrogen-bond donors (Lipinski definition) is 1. The molecule has 2 aromatic rings. The average Bonchev–Trinajstić information content (AvgIpc) is 2.95. The van der Waals surface area contributed by atoms with Crippen molar-refractivity contribution in [2.24, 2.45) is 0 Å². The number of carbonyl (C=O) groups excluding carboxylic acids is 3. The van der Waals surface area contributed by atoms with Crippen LogP contribution in [0.4, 0.5) is 5.69 Å². The van der Waals surface area contributed by atoms with Crippen LogP contribution in [0.15, 0.2) is 46.9 Å². The first-order valence-corrected chi connectivity index (χ1v) is 10.7. The van der Waals surface area contributed by atoms with Crippen molar-refractivity contribution in [2.75, 3.05) is 45.1 Å². The molecule has 0 spiro atoms. The van der Waals surface area contributed by atoms with Gasteiger partial charge in [-0.05, 0) is 42.9 Å². The largest absolute Gasteiger partial charge is 0.325 e. The highest BCUT2D eigenvalue weighted by Gasteiger charge is 2.36. The van der Waals surface area contributed by atoms with Gasteiger partial charge in [0.25, 0.3) is 11.8 Å². The number of halogens is 1. The molecule has 0 saturated carbocycles. The van der Waals surface area contributed by atoms with Crippen LogP contribution in [-0.4, -0.2) is 72.2 Å². The van der Waals surface area contributed by atoms with E-state index in [2.05, 4.69) is 38.1 Å². The number of hydrogen-bond acceptors (Lipinski definition) is 5. The zero-order valence-electron chi connectivity index (χ0n) is 16.7. The molecule has 4 rings (SSSR count). The Morgan fingerprint density at radius 1 is 0.967 bits per heavy atom. The minimum atomic E-state index is -0.450. The van der Waals surface area contributed by atoms with Gasteiger partial charge in [-0.2, -0.15) is 0 Å². The Labute approximate surface area is 183 Å². The molecule has 7 nitrogen and oxygen atoms in total. The molecule has 30 heavy (non-hydrogen) atoms. The lowest BCUT2D eigenvalue weighted by molar-refractivity contribution is -0.116. The molecule has 8 heteroatoms. The van der Waals surface area contributed by atoms with Gasteiger partial charge in [0.1, 0.15) is 6.54 Å². The first kappa shape index (κ1) is 20.7. The fraction of sp³-hybridized carbons (Fsp3) is 0.318. The van der Waals surface area contributed by atoms with Crippen LogP contribution in [0.2, 0.25) is 0 Å². The summed E-state index contributed by atoms with van der Waals surface area (Å²) < 4.78 is 0.713. The molecule has 1 N–H and O–H groups in total. The van der Waals surface area contributed by atoms with Gasteiger partial charge in [-0.25, -0.2) is 0 Å². The van der Waals surface area contributed by atoms with Crippen LogP contribution in [0.5, 0.6) is 0 Å². The Kier molecular flexibility index (Phi) is 5.99. The molecular weight excluding hydrogens is 448 g/mol. The summed E-state index contributed by atoms with van der Waals surface area (Å²) in [6, 6.07) is 12.6. The molecule has 0 radical (unpaired) electrons. The van der Waals surface area contributed by atoms with Crippen molar-refractivity contribution < 1.29 is 14.4 Å². The molecule has 0 aliphatic carbocycles. The Morgan fingerprint density at radius 2 is 1.63 bits per heavy atom. The standard InChI is InChI=1S/C22H23BrN4O3/c1-25-8-10-26(11-9-25)13-15-2-5-17(6-3-15)24-20(28)14-27-21(29)18-7-4-16(23)12-19(18)22(27)30/h2-7,12H,8-11,13-14H2,1H3,(H,24,28). The molecule has 1 saturated heterocycles. The van der Waals surface area contributed by atoms with Crippen LogP contribution >= 0.6 is 15.9 Å². The number of amides is 3. The number of piperazine rings is 1. The van der Waals surface area contributed by atoms with E-state index in [0.717, 1.165) is 37.6 Å². The van der Waals surface area contributed by atoms with Crippen LogP contribution in [0, 0.1) is 0 Å². The van der Waals surface area contributed by atoms with Gasteiger partial charge in [0.2, 0.25) is 5.91 Å². The van der Waals surface area contributed by atoms with Crippen molar-refractivity contribution in [3.63, 3.8) is 0 Å². The molecule has 3 amide bonds. The highest BCUT2D eigenvalue weighted by Crippen LogP contribution is 2.26. The first-order valence-electron chi connectivity index (χ1n) is 9.86. The lowest BCUT2D eigenvalue weighted by Crippen LogP contribution is -2.43. The summed E-state index contributed by atoms with van der Waals surface area (Å²) >= 11 is 3.30. The van der Waals surface area contributed by atoms with Crippen molar-refractivity contribution >= 4 is 39.3 Å². The second kappa shape index (κ2) is 8.67. The third kappa shape index (κ3) is 4.45. The summed E-state index contributed by atoms with van der Waals surface area (Å²) in [5.74, 6) is -1.30. The summed E-state index contributed by atoms with van der Waals surface area (Å²) in [5.41, 5.74) is 2.46. The van der Waals surface area contributed by atoms with Crippen molar-refractivity contribution in [2.45, 2.75) is 6.54 Å². The fourth-order valence-corrected chi connectivity index (χ4v) is 4.07. The van der Waals surface area contributed by atoms with Crippen molar-refractivity contribution in [1.29, 1.82) is 0 Å². The molecule has 0 aromatic heterocycles. The van der Waals surface area contributed by atoms with E-state index in [4.69, 9.17) is 0 Å². The SMILES string of the molecule is CN1CCN(Cc2ccc(NC(=O)CN3C(=O)c4ccc(Br)cc4C3=O)cc2)CC1. The Morgan fingerprint density at radius 3 is 2.33 bits per heavy atom. The number of fused-ring (bicyclic) bond motifs is 1. The molecular formula is C22H23BrN4O3. The number of benzene rings is 2. The van der Waals surface area contributed by atoms with E-state index in [-0.39, 0.29) is 6.54 Å². The highest BCUT2D eigenvalue weighted by molar-refractivity contribution is 9.10. The molecule has 156 valence electrons.